The summed E-state index contributed by atoms with van der Waals surface area (Å²) in [5, 5.41) is 0.769. The number of fused-ring (bicyclic) bond motifs is 1. The van der Waals surface area contributed by atoms with Crippen LogP contribution in [0.3, 0.4) is 0 Å². The van der Waals surface area contributed by atoms with E-state index in [1.165, 1.54) is 12.1 Å². The first-order chi connectivity index (χ1) is 12.8. The van der Waals surface area contributed by atoms with Gasteiger partial charge in [0.15, 0.2) is 21.0 Å². The predicted molar refractivity (Wildman–Crippen MR) is 102 cm³/mol. The molecule has 2 aliphatic heterocycles. The van der Waals surface area contributed by atoms with Crippen LogP contribution in [-0.2, 0) is 9.84 Å². The molecular weight excluding hydrogens is 392 g/mol. The van der Waals surface area contributed by atoms with Crippen LogP contribution in [0.15, 0.2) is 33.5 Å². The number of carbonyl (C=O) groups is 1. The summed E-state index contributed by atoms with van der Waals surface area (Å²) < 4.78 is 28.9. The molecule has 1 amide bonds. The number of carbonyl (C=O) groups excluding carboxylic acids is 1. The van der Waals surface area contributed by atoms with Crippen LogP contribution in [0, 0.1) is 0 Å². The lowest BCUT2D eigenvalue weighted by Crippen LogP contribution is -2.52. The molecule has 27 heavy (non-hydrogen) atoms. The van der Waals surface area contributed by atoms with Crippen molar-refractivity contribution in [3.8, 4) is 0 Å². The van der Waals surface area contributed by atoms with Gasteiger partial charge in [-0.2, -0.15) is 0 Å². The average Bonchev–Trinajstić information content (AvgIpc) is 3.01. The van der Waals surface area contributed by atoms with E-state index in [1.807, 2.05) is 0 Å². The van der Waals surface area contributed by atoms with Gasteiger partial charge in [-0.25, -0.2) is 8.42 Å². The van der Waals surface area contributed by atoms with Crippen molar-refractivity contribution in [1.82, 2.24) is 9.80 Å². The Bertz CT molecular complexity index is 1060. The van der Waals surface area contributed by atoms with Gasteiger partial charge in [0.1, 0.15) is 5.58 Å². The average molecular weight is 411 g/mol. The van der Waals surface area contributed by atoms with E-state index in [2.05, 4.69) is 4.90 Å². The topological polar surface area (TPSA) is 87.9 Å². The zero-order valence-corrected chi connectivity index (χ0v) is 16.1. The highest BCUT2D eigenvalue weighted by Gasteiger charge is 2.34. The van der Waals surface area contributed by atoms with Crippen LogP contribution in [0.5, 0.6) is 0 Å². The fourth-order valence-electron chi connectivity index (χ4n) is 3.74. The van der Waals surface area contributed by atoms with Crippen LogP contribution in [-0.4, -0.2) is 67.9 Å². The zero-order chi connectivity index (χ0) is 19.2. The Kier molecular flexibility index (Phi) is 4.73. The fourth-order valence-corrected chi connectivity index (χ4v) is 5.68. The van der Waals surface area contributed by atoms with E-state index in [1.54, 1.807) is 17.0 Å². The molecule has 0 saturated carbocycles. The lowest BCUT2D eigenvalue weighted by molar-refractivity contribution is 0.0559. The lowest BCUT2D eigenvalue weighted by Gasteiger charge is -2.37. The lowest BCUT2D eigenvalue weighted by atomic mass is 10.1. The molecule has 0 unspecified atom stereocenters. The molecule has 2 fully saturated rings. The normalized spacial score (nSPS) is 23.0. The molecule has 0 radical (unpaired) electrons. The molecule has 0 bridgehead atoms. The fraction of sp³-hybridized carbons (Fsp3) is 0.444. The summed E-state index contributed by atoms with van der Waals surface area (Å²) >= 11 is 5.90. The minimum atomic E-state index is -2.93. The summed E-state index contributed by atoms with van der Waals surface area (Å²) in [5.74, 6) is 0.112. The molecule has 7 nitrogen and oxygen atoms in total. The third-order valence-corrected chi connectivity index (χ3v) is 7.21. The van der Waals surface area contributed by atoms with E-state index in [0.29, 0.717) is 48.6 Å². The summed E-state index contributed by atoms with van der Waals surface area (Å²) in [4.78, 5) is 28.8. The van der Waals surface area contributed by atoms with Gasteiger partial charge in [-0.05, 0) is 24.6 Å². The third kappa shape index (κ3) is 3.74. The molecule has 0 aliphatic carbocycles. The molecule has 1 atom stereocenters. The van der Waals surface area contributed by atoms with E-state index in [-0.39, 0.29) is 34.6 Å². The number of amides is 1. The number of benzene rings is 1. The minimum Gasteiger partial charge on any atom is -0.451 e. The number of hydrogen-bond acceptors (Lipinski definition) is 6. The first-order valence-corrected chi connectivity index (χ1v) is 11.0. The van der Waals surface area contributed by atoms with Crippen molar-refractivity contribution < 1.29 is 17.6 Å². The van der Waals surface area contributed by atoms with Crippen LogP contribution in [0.25, 0.3) is 11.0 Å². The highest BCUT2D eigenvalue weighted by Crippen LogP contribution is 2.21. The van der Waals surface area contributed by atoms with E-state index in [4.69, 9.17) is 16.0 Å². The van der Waals surface area contributed by atoms with Gasteiger partial charge in [0, 0.05) is 43.3 Å². The Labute approximate surface area is 161 Å². The first kappa shape index (κ1) is 18.5. The van der Waals surface area contributed by atoms with Gasteiger partial charge in [0.25, 0.3) is 5.91 Å². The Morgan fingerprint density at radius 1 is 1.15 bits per heavy atom. The molecule has 2 aromatic rings. The van der Waals surface area contributed by atoms with E-state index < -0.39 is 9.84 Å². The summed E-state index contributed by atoms with van der Waals surface area (Å²) in [7, 11) is -2.93. The van der Waals surface area contributed by atoms with Gasteiger partial charge in [-0.1, -0.05) is 11.6 Å². The van der Waals surface area contributed by atoms with Crippen molar-refractivity contribution in [3.63, 3.8) is 0 Å². The maximum Gasteiger partial charge on any atom is 0.289 e. The maximum absolute atomic E-state index is 12.7. The SMILES string of the molecule is O=C(c1cc(=O)c2cc(Cl)ccc2o1)N1CCN([C@@H]2CCS(=O)(=O)C2)CC1. The predicted octanol–water partition coefficient (Wildman–Crippen LogP) is 1.39. The Morgan fingerprint density at radius 3 is 2.56 bits per heavy atom. The largest absolute Gasteiger partial charge is 0.451 e. The highest BCUT2D eigenvalue weighted by molar-refractivity contribution is 7.91. The van der Waals surface area contributed by atoms with E-state index in [0.717, 1.165) is 0 Å². The molecule has 3 heterocycles. The number of halogens is 1. The summed E-state index contributed by atoms with van der Waals surface area (Å²) in [6, 6.07) is 5.95. The van der Waals surface area contributed by atoms with Gasteiger partial charge in [-0.15, -0.1) is 0 Å². The monoisotopic (exact) mass is 410 g/mol. The van der Waals surface area contributed by atoms with Crippen molar-refractivity contribution in [2.75, 3.05) is 37.7 Å². The molecule has 0 N–H and O–H groups in total. The second-order valence-electron chi connectivity index (χ2n) is 7.00. The number of hydrogen-bond donors (Lipinski definition) is 0. The zero-order valence-electron chi connectivity index (χ0n) is 14.6. The minimum absolute atomic E-state index is 0.00622. The number of nitrogens with zero attached hydrogens (tertiary/aromatic N) is 2. The van der Waals surface area contributed by atoms with Crippen molar-refractivity contribution >= 4 is 38.3 Å². The van der Waals surface area contributed by atoms with Gasteiger partial charge in [-0.3, -0.25) is 14.5 Å². The second-order valence-corrected chi connectivity index (χ2v) is 9.67. The van der Waals surface area contributed by atoms with E-state index >= 15 is 0 Å². The molecule has 2 saturated heterocycles. The smallest absolute Gasteiger partial charge is 0.289 e. The van der Waals surface area contributed by atoms with Crippen molar-refractivity contribution in [3.05, 3.63) is 45.3 Å². The highest BCUT2D eigenvalue weighted by atomic mass is 35.5. The van der Waals surface area contributed by atoms with Crippen LogP contribution in [0.1, 0.15) is 17.0 Å². The van der Waals surface area contributed by atoms with Crippen molar-refractivity contribution in [1.29, 1.82) is 0 Å². The number of piperazine rings is 1. The number of sulfone groups is 1. The summed E-state index contributed by atoms with van der Waals surface area (Å²) in [5.41, 5.74) is 0.0157. The standard InChI is InChI=1S/C18H19ClN2O5S/c19-12-1-2-16-14(9-12)15(22)10-17(26-16)18(23)21-6-4-20(5-7-21)13-3-8-27(24,25)11-13/h1-2,9-10,13H,3-8,11H2/t13-/m1/s1. The van der Waals surface area contributed by atoms with Crippen LogP contribution in [0.2, 0.25) is 5.02 Å². The van der Waals surface area contributed by atoms with Crippen molar-refractivity contribution in [2.24, 2.45) is 0 Å². The van der Waals surface area contributed by atoms with Gasteiger partial charge >= 0.3 is 0 Å². The Morgan fingerprint density at radius 2 is 1.89 bits per heavy atom. The molecular formula is C18H19ClN2O5S. The van der Waals surface area contributed by atoms with Gasteiger partial charge in [0.2, 0.25) is 0 Å². The molecule has 1 aromatic heterocycles. The Hall–Kier alpha value is -1.90. The molecule has 9 heteroatoms. The summed E-state index contributed by atoms with van der Waals surface area (Å²) in [6.07, 6.45) is 0.651. The van der Waals surface area contributed by atoms with Crippen molar-refractivity contribution in [2.45, 2.75) is 12.5 Å². The maximum atomic E-state index is 12.7. The van der Waals surface area contributed by atoms with E-state index in [9.17, 15) is 18.0 Å². The third-order valence-electron chi connectivity index (χ3n) is 5.23. The molecule has 0 spiro atoms. The molecule has 144 valence electrons. The second kappa shape index (κ2) is 6.92. The van der Waals surface area contributed by atoms with Gasteiger partial charge < -0.3 is 9.32 Å². The number of rotatable bonds is 2. The first-order valence-electron chi connectivity index (χ1n) is 8.79. The molecule has 2 aliphatic rings. The summed E-state index contributed by atoms with van der Waals surface area (Å²) in [6.45, 7) is 2.16. The quantitative estimate of drug-likeness (QED) is 0.743. The van der Waals surface area contributed by atoms with Crippen LogP contribution < -0.4 is 5.43 Å². The van der Waals surface area contributed by atoms with Crippen LogP contribution in [0.4, 0.5) is 0 Å². The molecule has 1 aromatic carbocycles. The molecule has 4 rings (SSSR count). The van der Waals surface area contributed by atoms with Crippen LogP contribution >= 0.6 is 11.6 Å². The Balaban J connectivity index is 1.47. The van der Waals surface area contributed by atoms with Gasteiger partial charge in [0.05, 0.1) is 16.9 Å².